The highest BCUT2D eigenvalue weighted by molar-refractivity contribution is 7.80. The largest absolute Gasteiger partial charge is 0.357 e. The predicted molar refractivity (Wildman–Crippen MR) is 52.1 cm³/mol. The van der Waals surface area contributed by atoms with E-state index in [2.05, 4.69) is 0 Å². The van der Waals surface area contributed by atoms with Crippen LogP contribution in [0.5, 0.6) is 0 Å². The molecule has 0 atom stereocenters. The molecule has 0 aliphatic carbocycles. The van der Waals surface area contributed by atoms with Gasteiger partial charge in [0.2, 0.25) is 5.91 Å². The average molecular weight is 186 g/mol. The minimum Gasteiger partial charge on any atom is -0.357 e. The van der Waals surface area contributed by atoms with E-state index >= 15 is 0 Å². The van der Waals surface area contributed by atoms with E-state index in [9.17, 15) is 4.79 Å². The number of carbonyl (C=O) groups excluding carboxylic acids is 1. The molecule has 1 aliphatic rings. The number of thiocarbonyl (C=S) groups is 1. The SMILES string of the molecule is CN(C)C(=O)CN1CCCC1=S. The summed E-state index contributed by atoms with van der Waals surface area (Å²) in [7, 11) is 3.53. The van der Waals surface area contributed by atoms with Crippen molar-refractivity contribution in [1.29, 1.82) is 0 Å². The smallest absolute Gasteiger partial charge is 0.241 e. The fourth-order valence-electron chi connectivity index (χ4n) is 1.18. The standard InChI is InChI=1S/C8H14N2OS/c1-9(2)7(11)6-10-5-3-4-8(10)12/h3-6H2,1-2H3. The summed E-state index contributed by atoms with van der Waals surface area (Å²) in [5.41, 5.74) is 0. The fraction of sp³-hybridized carbons (Fsp3) is 0.750. The van der Waals surface area contributed by atoms with Gasteiger partial charge < -0.3 is 9.80 Å². The molecule has 0 N–H and O–H groups in total. The molecule has 4 heteroatoms. The highest BCUT2D eigenvalue weighted by atomic mass is 32.1. The van der Waals surface area contributed by atoms with Crippen LogP contribution in [-0.4, -0.2) is 47.9 Å². The molecule has 1 aliphatic heterocycles. The van der Waals surface area contributed by atoms with Gasteiger partial charge in [0.15, 0.2) is 0 Å². The van der Waals surface area contributed by atoms with Crippen LogP contribution in [0.4, 0.5) is 0 Å². The number of hydrogen-bond donors (Lipinski definition) is 0. The summed E-state index contributed by atoms with van der Waals surface area (Å²) < 4.78 is 0. The zero-order valence-corrected chi connectivity index (χ0v) is 8.36. The summed E-state index contributed by atoms with van der Waals surface area (Å²) in [6.07, 6.45) is 2.07. The quantitative estimate of drug-likeness (QED) is 0.587. The second-order valence-corrected chi connectivity index (χ2v) is 3.68. The first-order valence-corrected chi connectivity index (χ1v) is 4.50. The van der Waals surface area contributed by atoms with Gasteiger partial charge in [-0.3, -0.25) is 4.79 Å². The summed E-state index contributed by atoms with van der Waals surface area (Å²) in [4.78, 5) is 15.8. The molecule has 0 radical (unpaired) electrons. The Morgan fingerprint density at radius 2 is 2.33 bits per heavy atom. The van der Waals surface area contributed by atoms with Crippen LogP contribution in [0.15, 0.2) is 0 Å². The van der Waals surface area contributed by atoms with Gasteiger partial charge in [-0.1, -0.05) is 12.2 Å². The van der Waals surface area contributed by atoms with Crippen LogP contribution in [0.2, 0.25) is 0 Å². The predicted octanol–water partition coefficient (Wildman–Crippen LogP) is 0.498. The van der Waals surface area contributed by atoms with Gasteiger partial charge in [0.1, 0.15) is 0 Å². The van der Waals surface area contributed by atoms with E-state index in [0.29, 0.717) is 6.54 Å². The maximum absolute atomic E-state index is 11.3. The molecule has 0 aromatic rings. The van der Waals surface area contributed by atoms with Crippen LogP contribution in [0.25, 0.3) is 0 Å². The average Bonchev–Trinajstić information content (AvgIpc) is 2.36. The third-order valence-corrected chi connectivity index (χ3v) is 2.46. The van der Waals surface area contributed by atoms with Crippen molar-refractivity contribution in [2.24, 2.45) is 0 Å². The topological polar surface area (TPSA) is 23.6 Å². The Morgan fingerprint density at radius 3 is 2.75 bits per heavy atom. The molecule has 0 bridgehead atoms. The number of nitrogens with zero attached hydrogens (tertiary/aromatic N) is 2. The van der Waals surface area contributed by atoms with Crippen LogP contribution in [-0.2, 0) is 4.79 Å². The molecule has 0 unspecified atom stereocenters. The van der Waals surface area contributed by atoms with Gasteiger partial charge >= 0.3 is 0 Å². The number of likely N-dealkylation sites (tertiary alicyclic amines) is 1. The van der Waals surface area contributed by atoms with Crippen LogP contribution >= 0.6 is 12.2 Å². The first kappa shape index (κ1) is 9.45. The van der Waals surface area contributed by atoms with Gasteiger partial charge in [0.25, 0.3) is 0 Å². The van der Waals surface area contributed by atoms with Crippen molar-refractivity contribution < 1.29 is 4.79 Å². The molecular formula is C8H14N2OS. The van der Waals surface area contributed by atoms with E-state index in [1.807, 2.05) is 4.90 Å². The molecule has 0 spiro atoms. The lowest BCUT2D eigenvalue weighted by Crippen LogP contribution is -2.36. The lowest BCUT2D eigenvalue weighted by molar-refractivity contribution is -0.128. The van der Waals surface area contributed by atoms with Gasteiger partial charge in [-0.15, -0.1) is 0 Å². The van der Waals surface area contributed by atoms with Gasteiger partial charge in [-0.05, 0) is 12.8 Å². The van der Waals surface area contributed by atoms with Crippen molar-refractivity contribution >= 4 is 23.1 Å². The Balaban J connectivity index is 2.40. The number of rotatable bonds is 2. The first-order chi connectivity index (χ1) is 5.61. The minimum absolute atomic E-state index is 0.124. The van der Waals surface area contributed by atoms with E-state index < -0.39 is 0 Å². The van der Waals surface area contributed by atoms with Crippen LogP contribution in [0, 0.1) is 0 Å². The Kier molecular flexibility index (Phi) is 3.03. The number of likely N-dealkylation sites (N-methyl/N-ethyl adjacent to an activating group) is 1. The van der Waals surface area contributed by atoms with Crippen LogP contribution < -0.4 is 0 Å². The summed E-state index contributed by atoms with van der Waals surface area (Å²) in [6, 6.07) is 0. The Labute approximate surface area is 78.3 Å². The highest BCUT2D eigenvalue weighted by Crippen LogP contribution is 2.10. The number of hydrogen-bond acceptors (Lipinski definition) is 2. The maximum Gasteiger partial charge on any atom is 0.241 e. The normalized spacial score (nSPS) is 16.8. The van der Waals surface area contributed by atoms with E-state index in [1.54, 1.807) is 19.0 Å². The van der Waals surface area contributed by atoms with Crippen molar-refractivity contribution in [3.8, 4) is 0 Å². The molecule has 1 heterocycles. The molecule has 0 saturated carbocycles. The molecule has 1 rings (SSSR count). The van der Waals surface area contributed by atoms with E-state index in [-0.39, 0.29) is 5.91 Å². The van der Waals surface area contributed by atoms with Gasteiger partial charge in [-0.2, -0.15) is 0 Å². The molecule has 68 valence electrons. The third-order valence-electron chi connectivity index (χ3n) is 2.00. The molecule has 3 nitrogen and oxygen atoms in total. The van der Waals surface area contributed by atoms with Gasteiger partial charge in [0, 0.05) is 20.6 Å². The molecule has 0 aromatic carbocycles. The molecule has 1 saturated heterocycles. The Bertz CT molecular complexity index is 203. The second kappa shape index (κ2) is 3.85. The van der Waals surface area contributed by atoms with E-state index in [1.165, 1.54) is 0 Å². The van der Waals surface area contributed by atoms with Crippen molar-refractivity contribution in [3.63, 3.8) is 0 Å². The first-order valence-electron chi connectivity index (χ1n) is 4.09. The van der Waals surface area contributed by atoms with Crippen molar-refractivity contribution in [1.82, 2.24) is 9.80 Å². The van der Waals surface area contributed by atoms with Crippen LogP contribution in [0.3, 0.4) is 0 Å². The molecule has 1 fully saturated rings. The summed E-state index contributed by atoms with van der Waals surface area (Å²) in [6.45, 7) is 1.39. The molecule has 0 aromatic heterocycles. The number of carbonyl (C=O) groups is 1. The van der Waals surface area contributed by atoms with E-state index in [4.69, 9.17) is 12.2 Å². The Morgan fingerprint density at radius 1 is 1.67 bits per heavy atom. The zero-order chi connectivity index (χ0) is 9.14. The number of amides is 1. The van der Waals surface area contributed by atoms with Crippen molar-refractivity contribution in [2.45, 2.75) is 12.8 Å². The van der Waals surface area contributed by atoms with Crippen LogP contribution in [0.1, 0.15) is 12.8 Å². The second-order valence-electron chi connectivity index (χ2n) is 3.21. The third kappa shape index (κ3) is 2.17. The lowest BCUT2D eigenvalue weighted by atomic mass is 10.4. The minimum atomic E-state index is 0.124. The summed E-state index contributed by atoms with van der Waals surface area (Å²) in [5.74, 6) is 0.124. The van der Waals surface area contributed by atoms with E-state index in [0.717, 1.165) is 24.4 Å². The zero-order valence-electron chi connectivity index (χ0n) is 7.54. The Hall–Kier alpha value is -0.640. The van der Waals surface area contributed by atoms with Crippen molar-refractivity contribution in [2.75, 3.05) is 27.2 Å². The summed E-state index contributed by atoms with van der Waals surface area (Å²) >= 11 is 5.10. The van der Waals surface area contributed by atoms with Gasteiger partial charge in [0.05, 0.1) is 11.5 Å². The molecule has 12 heavy (non-hydrogen) atoms. The van der Waals surface area contributed by atoms with Crippen molar-refractivity contribution in [3.05, 3.63) is 0 Å². The summed E-state index contributed by atoms with van der Waals surface area (Å²) in [5, 5.41) is 0. The molecular weight excluding hydrogens is 172 g/mol. The van der Waals surface area contributed by atoms with Gasteiger partial charge in [-0.25, -0.2) is 0 Å². The molecule has 1 amide bonds. The monoisotopic (exact) mass is 186 g/mol. The maximum atomic E-state index is 11.3. The fourth-order valence-corrected chi connectivity index (χ4v) is 1.48. The highest BCUT2D eigenvalue weighted by Gasteiger charge is 2.19. The lowest BCUT2D eigenvalue weighted by Gasteiger charge is -2.19.